The molecule has 0 saturated heterocycles. The average molecular weight is 291 g/mol. The normalized spacial score (nSPS) is 20.3. The Hall–Kier alpha value is -1.76. The molecule has 0 amide bonds. The van der Waals surface area contributed by atoms with Gasteiger partial charge in [-0.05, 0) is 41.5 Å². The van der Waals surface area contributed by atoms with Crippen LogP contribution in [0.3, 0.4) is 0 Å². The van der Waals surface area contributed by atoms with Gasteiger partial charge in [-0.1, -0.05) is 63.6 Å². The van der Waals surface area contributed by atoms with E-state index in [4.69, 9.17) is 0 Å². The van der Waals surface area contributed by atoms with Crippen molar-refractivity contribution in [2.75, 3.05) is 11.4 Å². The van der Waals surface area contributed by atoms with E-state index in [1.807, 2.05) is 0 Å². The summed E-state index contributed by atoms with van der Waals surface area (Å²) in [4.78, 5) is 2.57. The molecule has 4 rings (SSSR count). The van der Waals surface area contributed by atoms with Gasteiger partial charge in [-0.3, -0.25) is 0 Å². The summed E-state index contributed by atoms with van der Waals surface area (Å²) >= 11 is 0. The quantitative estimate of drug-likeness (QED) is 0.623. The molecule has 22 heavy (non-hydrogen) atoms. The monoisotopic (exact) mass is 291 g/mol. The van der Waals surface area contributed by atoms with Crippen LogP contribution in [0.25, 0.3) is 0 Å². The fourth-order valence-electron chi connectivity index (χ4n) is 4.32. The van der Waals surface area contributed by atoms with Crippen LogP contribution in [0.15, 0.2) is 36.4 Å². The van der Waals surface area contributed by atoms with Gasteiger partial charge in [-0.25, -0.2) is 0 Å². The van der Waals surface area contributed by atoms with E-state index in [1.165, 1.54) is 40.0 Å². The van der Waals surface area contributed by atoms with E-state index < -0.39 is 0 Å². The van der Waals surface area contributed by atoms with E-state index in [9.17, 15) is 0 Å². The van der Waals surface area contributed by atoms with Crippen LogP contribution in [0.1, 0.15) is 56.4 Å². The zero-order valence-electron chi connectivity index (χ0n) is 14.3. The Kier molecular flexibility index (Phi) is 2.62. The van der Waals surface area contributed by atoms with Crippen LogP contribution in [0.2, 0.25) is 0 Å². The van der Waals surface area contributed by atoms with Gasteiger partial charge in [-0.2, -0.15) is 0 Å². The van der Waals surface area contributed by atoms with Crippen molar-refractivity contribution in [3.63, 3.8) is 0 Å². The van der Waals surface area contributed by atoms with Gasteiger partial charge >= 0.3 is 0 Å². The van der Waals surface area contributed by atoms with Crippen LogP contribution in [-0.4, -0.2) is 6.54 Å². The predicted octanol–water partition coefficient (Wildman–Crippen LogP) is 5.45. The third-order valence-corrected chi connectivity index (χ3v) is 5.76. The molecule has 0 fully saturated rings. The molecule has 0 atom stereocenters. The zero-order valence-corrected chi connectivity index (χ0v) is 14.3. The van der Waals surface area contributed by atoms with E-state index in [2.05, 4.69) is 75.9 Å². The van der Waals surface area contributed by atoms with Gasteiger partial charge < -0.3 is 4.90 Å². The fraction of sp³-hybridized carbons (Fsp3) is 0.429. The van der Waals surface area contributed by atoms with Crippen molar-refractivity contribution >= 4 is 11.4 Å². The van der Waals surface area contributed by atoms with Gasteiger partial charge in [0.2, 0.25) is 0 Å². The standard InChI is InChI=1S/C21H25N/c1-14-12-16-19-17(13-14)21(4,5)15-8-6-7-9-18(15)22(19)11-10-20(16,2)3/h6-9,12-13H,10-11H2,1-5H3. The minimum Gasteiger partial charge on any atom is -0.341 e. The van der Waals surface area contributed by atoms with E-state index in [-0.39, 0.29) is 10.8 Å². The smallest absolute Gasteiger partial charge is 0.0490 e. The van der Waals surface area contributed by atoms with Crippen LogP contribution in [0, 0.1) is 6.92 Å². The summed E-state index contributed by atoms with van der Waals surface area (Å²) in [5.74, 6) is 0. The highest BCUT2D eigenvalue weighted by atomic mass is 15.2. The second-order valence-corrected chi connectivity index (χ2v) is 8.14. The molecule has 2 aromatic rings. The summed E-state index contributed by atoms with van der Waals surface area (Å²) in [6.07, 6.45) is 1.21. The van der Waals surface area contributed by atoms with Crippen LogP contribution in [0.4, 0.5) is 11.4 Å². The molecule has 2 aliphatic heterocycles. The maximum Gasteiger partial charge on any atom is 0.0490 e. The first-order valence-electron chi connectivity index (χ1n) is 8.35. The van der Waals surface area contributed by atoms with Crippen LogP contribution in [-0.2, 0) is 10.8 Å². The molecule has 2 aromatic carbocycles. The van der Waals surface area contributed by atoms with Crippen molar-refractivity contribution in [1.82, 2.24) is 0 Å². The number of nitrogens with zero attached hydrogens (tertiary/aromatic N) is 1. The van der Waals surface area contributed by atoms with Gasteiger partial charge in [0.15, 0.2) is 0 Å². The Balaban J connectivity index is 2.11. The molecule has 0 bridgehead atoms. The Morgan fingerprint density at radius 2 is 1.59 bits per heavy atom. The molecule has 0 unspecified atom stereocenters. The lowest BCUT2D eigenvalue weighted by Gasteiger charge is -2.49. The summed E-state index contributed by atoms with van der Waals surface area (Å²) in [5.41, 5.74) is 9.07. The Morgan fingerprint density at radius 1 is 0.909 bits per heavy atom. The second kappa shape index (κ2) is 4.16. The molecule has 1 heteroatoms. The van der Waals surface area contributed by atoms with Crippen molar-refractivity contribution in [3.8, 4) is 0 Å². The van der Waals surface area contributed by atoms with Gasteiger partial charge in [-0.15, -0.1) is 0 Å². The first-order chi connectivity index (χ1) is 10.3. The van der Waals surface area contributed by atoms with Crippen LogP contribution >= 0.6 is 0 Å². The highest BCUT2D eigenvalue weighted by molar-refractivity contribution is 5.82. The summed E-state index contributed by atoms with van der Waals surface area (Å²) in [5, 5.41) is 0. The SMILES string of the molecule is Cc1cc2c3c(c1)C(C)(C)c1ccccc1N3CCC2(C)C. The number of hydrogen-bond acceptors (Lipinski definition) is 1. The van der Waals surface area contributed by atoms with Crippen LogP contribution in [0.5, 0.6) is 0 Å². The molecule has 0 spiro atoms. The lowest BCUT2D eigenvalue weighted by molar-refractivity contribution is 0.458. The first kappa shape index (κ1) is 13.9. The molecule has 0 aliphatic carbocycles. The molecule has 0 N–H and O–H groups in total. The molecule has 114 valence electrons. The second-order valence-electron chi connectivity index (χ2n) is 8.14. The van der Waals surface area contributed by atoms with E-state index in [0.717, 1.165) is 6.54 Å². The molecule has 0 radical (unpaired) electrons. The third-order valence-electron chi connectivity index (χ3n) is 5.76. The van der Waals surface area contributed by atoms with Crippen molar-refractivity contribution in [2.24, 2.45) is 0 Å². The van der Waals surface area contributed by atoms with Gasteiger partial charge in [0.25, 0.3) is 0 Å². The molecule has 0 aromatic heterocycles. The summed E-state index contributed by atoms with van der Waals surface area (Å²) < 4.78 is 0. The van der Waals surface area contributed by atoms with Crippen molar-refractivity contribution in [1.29, 1.82) is 0 Å². The minimum absolute atomic E-state index is 0.0661. The van der Waals surface area contributed by atoms with E-state index in [0.29, 0.717) is 0 Å². The summed E-state index contributed by atoms with van der Waals surface area (Å²) in [7, 11) is 0. The number of benzene rings is 2. The predicted molar refractivity (Wildman–Crippen MR) is 94.4 cm³/mol. The molecule has 1 nitrogen and oxygen atoms in total. The molecular formula is C21H25N. The highest BCUT2D eigenvalue weighted by Crippen LogP contribution is 2.54. The number of hydrogen-bond donors (Lipinski definition) is 0. The van der Waals surface area contributed by atoms with Crippen molar-refractivity contribution in [3.05, 3.63) is 58.7 Å². The van der Waals surface area contributed by atoms with E-state index >= 15 is 0 Å². The first-order valence-corrected chi connectivity index (χ1v) is 8.35. The topological polar surface area (TPSA) is 3.24 Å². The maximum absolute atomic E-state index is 2.57. The van der Waals surface area contributed by atoms with E-state index in [1.54, 1.807) is 0 Å². The number of para-hydroxylation sites is 1. The lowest BCUT2D eigenvalue weighted by atomic mass is 9.67. The largest absolute Gasteiger partial charge is 0.341 e. The van der Waals surface area contributed by atoms with Crippen molar-refractivity contribution in [2.45, 2.75) is 51.9 Å². The van der Waals surface area contributed by atoms with Gasteiger partial charge in [0, 0.05) is 23.3 Å². The van der Waals surface area contributed by atoms with Crippen LogP contribution < -0.4 is 4.90 Å². The number of aryl methyl sites for hydroxylation is 1. The number of rotatable bonds is 0. The average Bonchev–Trinajstić information content (AvgIpc) is 2.46. The lowest BCUT2D eigenvalue weighted by Crippen LogP contribution is -2.41. The Labute approximate surface area is 134 Å². The molecular weight excluding hydrogens is 266 g/mol. The third kappa shape index (κ3) is 1.65. The van der Waals surface area contributed by atoms with Gasteiger partial charge in [0.1, 0.15) is 0 Å². The zero-order chi connectivity index (χ0) is 15.7. The molecule has 2 heterocycles. The Bertz CT molecular complexity index is 767. The number of fused-ring (bicyclic) bond motifs is 2. The molecule has 2 aliphatic rings. The molecule has 0 saturated carbocycles. The van der Waals surface area contributed by atoms with Crippen molar-refractivity contribution < 1.29 is 0 Å². The summed E-state index contributed by atoms with van der Waals surface area (Å²) in [6.45, 7) is 12.9. The van der Waals surface area contributed by atoms with Gasteiger partial charge in [0.05, 0.1) is 0 Å². The highest BCUT2D eigenvalue weighted by Gasteiger charge is 2.42. The Morgan fingerprint density at radius 3 is 2.36 bits per heavy atom. The summed E-state index contributed by atoms with van der Waals surface area (Å²) in [6, 6.07) is 13.8. The fourth-order valence-corrected chi connectivity index (χ4v) is 4.32. The minimum atomic E-state index is 0.0661. The maximum atomic E-state index is 2.57. The number of anilines is 2.